The predicted molar refractivity (Wildman–Crippen MR) is 192 cm³/mol. The molecule has 1 aliphatic heterocycles. The van der Waals surface area contributed by atoms with E-state index in [1.165, 1.54) is 44.2 Å². The second-order valence-corrected chi connectivity index (χ2v) is 16.7. The number of hydrogen-bond donors (Lipinski definition) is 3. The average molecular weight is 682 g/mol. The number of aromatic amines is 1. The highest BCUT2D eigenvalue weighted by Gasteiger charge is 2.60. The lowest BCUT2D eigenvalue weighted by atomic mass is 9.45. The summed E-state index contributed by atoms with van der Waals surface area (Å²) in [7, 11) is 0. The summed E-state index contributed by atoms with van der Waals surface area (Å²) in [5, 5.41) is 6.73. The molecule has 4 fully saturated rings. The molecule has 50 heavy (non-hydrogen) atoms. The molecule has 2 amide bonds. The van der Waals surface area contributed by atoms with E-state index in [0.29, 0.717) is 66.8 Å². The van der Waals surface area contributed by atoms with Gasteiger partial charge in [-0.25, -0.2) is 4.39 Å². The van der Waals surface area contributed by atoms with Gasteiger partial charge in [0.2, 0.25) is 5.91 Å². The zero-order chi connectivity index (χ0) is 34.6. The van der Waals surface area contributed by atoms with Crippen molar-refractivity contribution in [1.29, 1.82) is 0 Å². The highest BCUT2D eigenvalue weighted by molar-refractivity contribution is 6.10. The van der Waals surface area contributed by atoms with Gasteiger partial charge in [0.05, 0.1) is 11.7 Å². The van der Waals surface area contributed by atoms with Gasteiger partial charge in [-0.3, -0.25) is 14.4 Å². The van der Waals surface area contributed by atoms with Crippen LogP contribution in [0.25, 0.3) is 22.2 Å². The van der Waals surface area contributed by atoms with Crippen molar-refractivity contribution in [2.24, 2.45) is 34.5 Å². The van der Waals surface area contributed by atoms with Gasteiger partial charge in [-0.1, -0.05) is 38.1 Å². The molecular weight excluding hydrogens is 629 g/mol. The Labute approximate surface area is 294 Å². The minimum absolute atomic E-state index is 0.0526. The number of Topliss-reactive ketones (excluding diaryl/α,β-unsaturated/α-hetero) is 1. The van der Waals surface area contributed by atoms with E-state index in [9.17, 15) is 18.8 Å². The molecule has 0 saturated heterocycles. The van der Waals surface area contributed by atoms with E-state index in [1.54, 1.807) is 0 Å². The van der Waals surface area contributed by atoms with E-state index in [4.69, 9.17) is 4.74 Å². The average Bonchev–Trinajstić information content (AvgIpc) is 3.58. The molecule has 2 aromatic carbocycles. The molecule has 8 heteroatoms. The number of hydrogen-bond acceptors (Lipinski definition) is 4. The Kier molecular flexibility index (Phi) is 8.89. The smallest absolute Gasteiger partial charge is 0.252 e. The topological polar surface area (TPSA) is 100 Å². The molecule has 2 heterocycles. The van der Waals surface area contributed by atoms with Gasteiger partial charge in [0.15, 0.2) is 0 Å². The SMILES string of the molecule is C[C@]12CCC(=O)C[C@@H]1CC[C@@H]1[C@@H]2CC[C@]2(C)[C@@H](OCCCCC(=O)NCc3ccc(-c4[nH]c5cc(F)cc6c5c4CCNC6=O)cc3)CC[C@@H]12. The maximum absolute atomic E-state index is 14.3. The van der Waals surface area contributed by atoms with Crippen LogP contribution in [0.1, 0.15) is 112 Å². The van der Waals surface area contributed by atoms with E-state index in [2.05, 4.69) is 29.5 Å². The molecule has 0 bridgehead atoms. The fourth-order valence-corrected chi connectivity index (χ4v) is 11.4. The Hall–Kier alpha value is -3.52. The quantitative estimate of drug-likeness (QED) is 0.199. The second-order valence-electron chi connectivity index (χ2n) is 16.7. The van der Waals surface area contributed by atoms with Crippen LogP contribution < -0.4 is 10.6 Å². The summed E-state index contributed by atoms with van der Waals surface area (Å²) in [5.74, 6) is 2.75. The predicted octanol–water partition coefficient (Wildman–Crippen LogP) is 8.04. The third kappa shape index (κ3) is 5.89. The summed E-state index contributed by atoms with van der Waals surface area (Å²) in [6.07, 6.45) is 13.3. The summed E-state index contributed by atoms with van der Waals surface area (Å²) in [6.45, 7) is 6.69. The first kappa shape index (κ1) is 33.6. The highest BCUT2D eigenvalue weighted by atomic mass is 19.1. The molecule has 0 radical (unpaired) electrons. The number of carbonyl (C=O) groups excluding carboxylic acids is 3. The summed E-state index contributed by atoms with van der Waals surface area (Å²) in [4.78, 5) is 40.8. The Morgan fingerprint density at radius 2 is 1.78 bits per heavy atom. The van der Waals surface area contributed by atoms with Gasteiger partial charge in [-0.2, -0.15) is 0 Å². The van der Waals surface area contributed by atoms with Gasteiger partial charge in [0.25, 0.3) is 5.91 Å². The number of benzene rings is 2. The summed E-state index contributed by atoms with van der Waals surface area (Å²) in [5.41, 5.74) is 5.49. The molecule has 0 unspecified atom stereocenters. The van der Waals surface area contributed by atoms with E-state index >= 15 is 0 Å². The number of ketones is 1. The zero-order valence-electron chi connectivity index (χ0n) is 29.7. The van der Waals surface area contributed by atoms with Crippen LogP contribution in [0.5, 0.6) is 0 Å². The Bertz CT molecular complexity index is 1800. The van der Waals surface area contributed by atoms with Crippen molar-refractivity contribution in [3.8, 4) is 11.3 Å². The second kappa shape index (κ2) is 13.2. The molecule has 266 valence electrons. The Morgan fingerprint density at radius 3 is 2.62 bits per heavy atom. The first-order valence-corrected chi connectivity index (χ1v) is 19.3. The van der Waals surface area contributed by atoms with Crippen LogP contribution in [0.4, 0.5) is 4.39 Å². The standard InChI is InChI=1S/C42H52FN3O4/c1-41-17-14-29(47)21-27(41)10-11-30-33-12-13-36(42(33,2)18-15-34(30)41)50-20-4-3-5-37(48)45-24-25-6-8-26(9-7-25)39-31-16-19-44-40(49)32-22-28(43)23-35(46-39)38(31)32/h6-9,22-23,27,30,33-34,36,46H,3-5,10-21,24H2,1-2H3,(H,44,49)(H,45,48)/t27-,30-,33-,34-,36-,41-,42-/m0/s1. The molecule has 1 aromatic heterocycles. The Morgan fingerprint density at radius 1 is 0.960 bits per heavy atom. The lowest BCUT2D eigenvalue weighted by Crippen LogP contribution is -2.54. The minimum atomic E-state index is -0.436. The van der Waals surface area contributed by atoms with Crippen molar-refractivity contribution in [3.63, 3.8) is 0 Å². The van der Waals surface area contributed by atoms with Crippen molar-refractivity contribution in [1.82, 2.24) is 15.6 Å². The van der Waals surface area contributed by atoms with E-state index in [-0.39, 0.29) is 17.2 Å². The molecule has 4 saturated carbocycles. The van der Waals surface area contributed by atoms with Gasteiger partial charge in [-0.05, 0) is 128 Å². The van der Waals surface area contributed by atoms with Crippen molar-refractivity contribution in [3.05, 3.63) is 58.9 Å². The zero-order valence-corrected chi connectivity index (χ0v) is 29.7. The molecule has 7 atom stereocenters. The molecule has 3 N–H and O–H groups in total. The van der Waals surface area contributed by atoms with Crippen LogP contribution in [0.2, 0.25) is 0 Å². The third-order valence-electron chi connectivity index (χ3n) is 14.1. The highest BCUT2D eigenvalue weighted by Crippen LogP contribution is 2.66. The van der Waals surface area contributed by atoms with E-state index < -0.39 is 5.82 Å². The van der Waals surface area contributed by atoms with E-state index in [0.717, 1.165) is 84.0 Å². The monoisotopic (exact) mass is 681 g/mol. The minimum Gasteiger partial charge on any atom is -0.378 e. The maximum Gasteiger partial charge on any atom is 0.252 e. The lowest BCUT2D eigenvalue weighted by molar-refractivity contribution is -0.145. The van der Waals surface area contributed by atoms with Crippen LogP contribution in [0.3, 0.4) is 0 Å². The van der Waals surface area contributed by atoms with E-state index in [1.807, 2.05) is 24.3 Å². The normalized spacial score (nSPS) is 31.8. The number of unbranched alkanes of at least 4 members (excludes halogenated alkanes) is 1. The third-order valence-corrected chi connectivity index (χ3v) is 14.1. The van der Waals surface area contributed by atoms with Crippen LogP contribution in [0.15, 0.2) is 36.4 Å². The molecule has 8 rings (SSSR count). The maximum atomic E-state index is 14.3. The summed E-state index contributed by atoms with van der Waals surface area (Å²) < 4.78 is 20.9. The number of fused-ring (bicyclic) bond motifs is 5. The number of ether oxygens (including phenoxy) is 1. The molecular formula is C42H52FN3O4. The van der Waals surface area contributed by atoms with Crippen molar-refractivity contribution in [2.75, 3.05) is 13.2 Å². The van der Waals surface area contributed by atoms with Gasteiger partial charge in [-0.15, -0.1) is 0 Å². The number of H-pyrrole nitrogens is 1. The van der Waals surface area contributed by atoms with Gasteiger partial charge >= 0.3 is 0 Å². The first-order chi connectivity index (χ1) is 24.1. The molecule has 3 aromatic rings. The number of amides is 2. The molecule has 5 aliphatic rings. The van der Waals surface area contributed by atoms with Crippen LogP contribution >= 0.6 is 0 Å². The number of aromatic nitrogens is 1. The number of halogens is 1. The van der Waals surface area contributed by atoms with Gasteiger partial charge < -0.3 is 20.4 Å². The van der Waals surface area contributed by atoms with Crippen LogP contribution in [-0.2, 0) is 27.3 Å². The van der Waals surface area contributed by atoms with Gasteiger partial charge in [0.1, 0.15) is 11.6 Å². The van der Waals surface area contributed by atoms with Crippen molar-refractivity contribution >= 4 is 28.5 Å². The summed E-state index contributed by atoms with van der Waals surface area (Å²) in [6, 6.07) is 10.8. The Balaban J connectivity index is 0.793. The molecule has 0 spiro atoms. The number of carbonyl (C=O) groups is 3. The number of nitrogens with one attached hydrogen (secondary N) is 3. The first-order valence-electron chi connectivity index (χ1n) is 19.3. The lowest BCUT2D eigenvalue weighted by Gasteiger charge is -2.60. The fraction of sp³-hybridized carbons (Fsp3) is 0.595. The van der Waals surface area contributed by atoms with Crippen molar-refractivity contribution < 1.29 is 23.5 Å². The summed E-state index contributed by atoms with van der Waals surface area (Å²) >= 11 is 0. The van der Waals surface area contributed by atoms with Crippen molar-refractivity contribution in [2.45, 2.75) is 110 Å². The van der Waals surface area contributed by atoms with Crippen LogP contribution in [-0.4, -0.2) is 41.8 Å². The van der Waals surface area contributed by atoms with Gasteiger partial charge in [0, 0.05) is 55.6 Å². The molecule has 4 aliphatic carbocycles. The molecule has 7 nitrogen and oxygen atoms in total. The van der Waals surface area contributed by atoms with Crippen LogP contribution in [0, 0.1) is 40.3 Å². The number of rotatable bonds is 9. The largest absolute Gasteiger partial charge is 0.378 e. The fourth-order valence-electron chi connectivity index (χ4n) is 11.4.